The molecule has 0 saturated carbocycles. The van der Waals surface area contributed by atoms with Gasteiger partial charge in [-0.15, -0.1) is 16.9 Å². The maximum atomic E-state index is 14.1. The van der Waals surface area contributed by atoms with Crippen LogP contribution in [0.3, 0.4) is 0 Å². The fraction of sp³-hybridized carbons (Fsp3) is 0.333. The summed E-state index contributed by atoms with van der Waals surface area (Å²) in [6.07, 6.45) is 3.21. The van der Waals surface area contributed by atoms with Crippen molar-refractivity contribution in [2.75, 3.05) is 4.90 Å². The van der Waals surface area contributed by atoms with E-state index in [0.29, 0.717) is 24.9 Å². The number of rotatable bonds is 4. The minimum Gasteiger partial charge on any atom is -0.322 e. The monoisotopic (exact) mass is 486 g/mol. The van der Waals surface area contributed by atoms with Crippen molar-refractivity contribution in [3.8, 4) is 23.1 Å². The molecule has 0 N–H and O–H groups in total. The highest BCUT2D eigenvalue weighted by Gasteiger charge is 2.38. The SMILES string of the molecule is Cc1nnn(C)c1-c1ccc2c(c1)nc(C1CCC(=O)N1c1ccc(F)c(F)c1)n2[C@H]1CC#CCC1. The molecule has 1 aliphatic heterocycles. The maximum absolute atomic E-state index is 14.1. The molecule has 2 aromatic carbocycles. The number of carbonyl (C=O) groups is 1. The first-order chi connectivity index (χ1) is 17.4. The summed E-state index contributed by atoms with van der Waals surface area (Å²) in [5, 5.41) is 8.29. The fourth-order valence-corrected chi connectivity index (χ4v) is 5.47. The van der Waals surface area contributed by atoms with Gasteiger partial charge in [0.15, 0.2) is 11.6 Å². The molecule has 4 aromatic rings. The van der Waals surface area contributed by atoms with E-state index in [1.807, 2.05) is 32.2 Å². The molecular weight excluding hydrogens is 462 g/mol. The van der Waals surface area contributed by atoms with Gasteiger partial charge in [-0.2, -0.15) is 0 Å². The number of amides is 1. The maximum Gasteiger partial charge on any atom is 0.227 e. The molecule has 9 heteroatoms. The predicted molar refractivity (Wildman–Crippen MR) is 131 cm³/mol. The van der Waals surface area contributed by atoms with E-state index < -0.39 is 17.7 Å². The molecule has 182 valence electrons. The average molecular weight is 487 g/mol. The van der Waals surface area contributed by atoms with Crippen LogP contribution in [0.5, 0.6) is 0 Å². The summed E-state index contributed by atoms with van der Waals surface area (Å²) in [4.78, 5) is 19.6. The third-order valence-electron chi connectivity index (χ3n) is 7.11. The summed E-state index contributed by atoms with van der Waals surface area (Å²) in [6.45, 7) is 1.92. The van der Waals surface area contributed by atoms with Crippen LogP contribution < -0.4 is 4.90 Å². The van der Waals surface area contributed by atoms with Crippen molar-refractivity contribution in [1.82, 2.24) is 24.5 Å². The predicted octanol–water partition coefficient (Wildman–Crippen LogP) is 5.01. The van der Waals surface area contributed by atoms with Gasteiger partial charge >= 0.3 is 0 Å². The second-order valence-electron chi connectivity index (χ2n) is 9.36. The Morgan fingerprint density at radius 1 is 1.06 bits per heavy atom. The van der Waals surface area contributed by atoms with Crippen molar-refractivity contribution >= 4 is 22.6 Å². The molecule has 2 aromatic heterocycles. The Morgan fingerprint density at radius 3 is 2.64 bits per heavy atom. The largest absolute Gasteiger partial charge is 0.322 e. The summed E-state index contributed by atoms with van der Waals surface area (Å²) >= 11 is 0. The lowest BCUT2D eigenvalue weighted by atomic mass is 10.0. The van der Waals surface area contributed by atoms with Crippen LogP contribution in [0.2, 0.25) is 0 Å². The Kier molecular flexibility index (Phi) is 5.32. The van der Waals surface area contributed by atoms with Crippen LogP contribution in [0.1, 0.15) is 55.7 Å². The Morgan fingerprint density at radius 2 is 1.92 bits per heavy atom. The van der Waals surface area contributed by atoms with E-state index in [2.05, 4.69) is 26.7 Å². The number of nitrogens with zero attached hydrogens (tertiary/aromatic N) is 6. The smallest absolute Gasteiger partial charge is 0.227 e. The van der Waals surface area contributed by atoms with Crippen molar-refractivity contribution in [3.63, 3.8) is 0 Å². The number of anilines is 1. The number of hydrogen-bond acceptors (Lipinski definition) is 4. The number of hydrogen-bond donors (Lipinski definition) is 0. The average Bonchev–Trinajstić information content (AvgIpc) is 3.55. The third kappa shape index (κ3) is 3.56. The van der Waals surface area contributed by atoms with Crippen LogP contribution in [0.4, 0.5) is 14.5 Å². The van der Waals surface area contributed by atoms with E-state index >= 15 is 0 Å². The molecule has 1 unspecified atom stereocenters. The summed E-state index contributed by atoms with van der Waals surface area (Å²) in [5.74, 6) is 5.08. The lowest BCUT2D eigenvalue weighted by Crippen LogP contribution is -2.30. The molecule has 2 atom stereocenters. The van der Waals surface area contributed by atoms with Gasteiger partial charge in [-0.1, -0.05) is 11.3 Å². The van der Waals surface area contributed by atoms with E-state index in [1.165, 1.54) is 6.07 Å². The summed E-state index contributed by atoms with van der Waals surface area (Å²) in [7, 11) is 1.86. The Bertz CT molecular complexity index is 1560. The molecule has 1 amide bonds. The molecule has 6 rings (SSSR count). The molecule has 1 fully saturated rings. The summed E-state index contributed by atoms with van der Waals surface area (Å²) < 4.78 is 31.7. The number of aromatic nitrogens is 5. The first-order valence-electron chi connectivity index (χ1n) is 12.0. The molecule has 0 bridgehead atoms. The molecular formula is C27H24F2N6O. The normalized spacial score (nSPS) is 19.7. The number of halogens is 2. The van der Waals surface area contributed by atoms with Crippen molar-refractivity contribution in [3.05, 3.63) is 59.6 Å². The quantitative estimate of drug-likeness (QED) is 0.380. The van der Waals surface area contributed by atoms with Crippen LogP contribution in [0.25, 0.3) is 22.3 Å². The third-order valence-corrected chi connectivity index (χ3v) is 7.11. The van der Waals surface area contributed by atoms with E-state index in [0.717, 1.165) is 58.8 Å². The Labute approximate surface area is 206 Å². The molecule has 1 aliphatic carbocycles. The van der Waals surface area contributed by atoms with Crippen molar-refractivity contribution in [1.29, 1.82) is 0 Å². The minimum absolute atomic E-state index is 0.111. The minimum atomic E-state index is -0.980. The molecule has 0 radical (unpaired) electrons. The van der Waals surface area contributed by atoms with Gasteiger partial charge < -0.3 is 9.47 Å². The van der Waals surface area contributed by atoms with Crippen molar-refractivity contribution < 1.29 is 13.6 Å². The number of benzene rings is 2. The zero-order valence-corrected chi connectivity index (χ0v) is 20.0. The van der Waals surface area contributed by atoms with Crippen LogP contribution in [0.15, 0.2) is 36.4 Å². The van der Waals surface area contributed by atoms with Gasteiger partial charge in [0.1, 0.15) is 5.82 Å². The highest BCUT2D eigenvalue weighted by molar-refractivity contribution is 5.96. The van der Waals surface area contributed by atoms with Crippen LogP contribution in [-0.4, -0.2) is 30.5 Å². The zero-order chi connectivity index (χ0) is 25.0. The van der Waals surface area contributed by atoms with Gasteiger partial charge in [0.25, 0.3) is 0 Å². The number of imidazole rings is 1. The van der Waals surface area contributed by atoms with E-state index in [4.69, 9.17) is 4.98 Å². The van der Waals surface area contributed by atoms with Crippen LogP contribution >= 0.6 is 0 Å². The number of fused-ring (bicyclic) bond motifs is 1. The first kappa shape index (κ1) is 22.4. The number of aryl methyl sites for hydroxylation is 2. The summed E-state index contributed by atoms with van der Waals surface area (Å²) in [6, 6.07) is 9.42. The van der Waals surface area contributed by atoms with Crippen LogP contribution in [0, 0.1) is 30.4 Å². The van der Waals surface area contributed by atoms with Crippen molar-refractivity contribution in [2.24, 2.45) is 7.05 Å². The van der Waals surface area contributed by atoms with Gasteiger partial charge in [0, 0.05) is 49.7 Å². The summed E-state index contributed by atoms with van der Waals surface area (Å²) in [5.41, 5.74) is 4.78. The van der Waals surface area contributed by atoms with E-state index in [-0.39, 0.29) is 11.9 Å². The zero-order valence-electron chi connectivity index (χ0n) is 20.0. The topological polar surface area (TPSA) is 68.8 Å². The van der Waals surface area contributed by atoms with E-state index in [9.17, 15) is 13.6 Å². The lowest BCUT2D eigenvalue weighted by molar-refractivity contribution is -0.117. The first-order valence-corrected chi connectivity index (χ1v) is 12.0. The number of carbonyl (C=O) groups excluding carboxylic acids is 1. The van der Waals surface area contributed by atoms with Gasteiger partial charge in [0.05, 0.1) is 28.5 Å². The molecule has 2 aliphatic rings. The van der Waals surface area contributed by atoms with Gasteiger partial charge in [-0.3, -0.25) is 4.79 Å². The molecule has 1 saturated heterocycles. The second kappa shape index (κ2) is 8.55. The second-order valence-corrected chi connectivity index (χ2v) is 9.36. The molecule has 7 nitrogen and oxygen atoms in total. The van der Waals surface area contributed by atoms with Crippen LogP contribution in [-0.2, 0) is 11.8 Å². The lowest BCUT2D eigenvalue weighted by Gasteiger charge is -2.28. The highest BCUT2D eigenvalue weighted by Crippen LogP contribution is 2.41. The molecule has 0 spiro atoms. The standard InChI is InChI=1S/C27H24F2N6O/c1-16-26(33(2)32-31-16)17-8-11-23-22(14-17)30-27(35(23)18-6-4-3-5-7-18)24-12-13-25(36)34(24)19-9-10-20(28)21(29)15-19/h8-11,14-15,18,24H,4,6-7,12-13H2,1-2H3/t18-,24?/m1/s1. The van der Waals surface area contributed by atoms with E-state index in [1.54, 1.807) is 9.58 Å². The van der Waals surface area contributed by atoms with Crippen molar-refractivity contribution in [2.45, 2.75) is 51.1 Å². The van der Waals surface area contributed by atoms with Gasteiger partial charge in [0.2, 0.25) is 5.91 Å². The molecule has 3 heterocycles. The molecule has 36 heavy (non-hydrogen) atoms. The highest BCUT2D eigenvalue weighted by atomic mass is 19.2. The van der Waals surface area contributed by atoms with Gasteiger partial charge in [-0.05, 0) is 44.0 Å². The fourth-order valence-electron chi connectivity index (χ4n) is 5.47. The van der Waals surface area contributed by atoms with Gasteiger partial charge in [-0.25, -0.2) is 18.4 Å². The Balaban J connectivity index is 1.52. The Hall–Kier alpha value is -4.06.